The van der Waals surface area contributed by atoms with Crippen molar-refractivity contribution in [3.05, 3.63) is 29.8 Å². The van der Waals surface area contributed by atoms with E-state index < -0.39 is 18.1 Å². The van der Waals surface area contributed by atoms with Crippen molar-refractivity contribution in [2.24, 2.45) is 5.73 Å². The van der Waals surface area contributed by atoms with Crippen LogP contribution in [0.5, 0.6) is 5.75 Å². The molecular formula is C17H26N2O4. The Bertz CT molecular complexity index is 500. The van der Waals surface area contributed by atoms with Crippen molar-refractivity contribution in [1.29, 1.82) is 0 Å². The summed E-state index contributed by atoms with van der Waals surface area (Å²) in [6.45, 7) is 3.94. The molecule has 0 aliphatic carbocycles. The monoisotopic (exact) mass is 322 g/mol. The Morgan fingerprint density at radius 2 is 1.91 bits per heavy atom. The zero-order chi connectivity index (χ0) is 17.2. The van der Waals surface area contributed by atoms with Gasteiger partial charge in [0.25, 0.3) is 0 Å². The van der Waals surface area contributed by atoms with Crippen molar-refractivity contribution in [3.63, 3.8) is 0 Å². The smallest absolute Gasteiger partial charge is 0.328 e. The van der Waals surface area contributed by atoms with Crippen LogP contribution >= 0.6 is 0 Å². The average Bonchev–Trinajstić information content (AvgIpc) is 2.54. The van der Waals surface area contributed by atoms with E-state index in [4.69, 9.17) is 15.2 Å². The molecule has 0 spiro atoms. The number of ether oxygens (including phenoxy) is 2. The number of hydrogen-bond donors (Lipinski definition) is 2. The second kappa shape index (κ2) is 9.84. The first kappa shape index (κ1) is 19.0. The number of nitrogens with two attached hydrogens (primary N) is 1. The van der Waals surface area contributed by atoms with Gasteiger partial charge >= 0.3 is 5.97 Å². The van der Waals surface area contributed by atoms with Crippen molar-refractivity contribution < 1.29 is 19.1 Å². The summed E-state index contributed by atoms with van der Waals surface area (Å²) < 4.78 is 10.3. The Balaban J connectivity index is 2.75. The summed E-state index contributed by atoms with van der Waals surface area (Å²) in [5.41, 5.74) is 6.45. The molecule has 0 heterocycles. The summed E-state index contributed by atoms with van der Waals surface area (Å²) in [7, 11) is 1.59. The highest BCUT2D eigenvalue weighted by Gasteiger charge is 2.24. The zero-order valence-electron chi connectivity index (χ0n) is 14.0. The molecule has 0 aliphatic heterocycles. The number of carbonyl (C=O) groups is 2. The van der Waals surface area contributed by atoms with Gasteiger partial charge in [-0.15, -0.1) is 0 Å². The predicted molar refractivity (Wildman–Crippen MR) is 88.1 cm³/mol. The molecular weight excluding hydrogens is 296 g/mol. The lowest BCUT2D eigenvalue weighted by atomic mass is 10.1. The van der Waals surface area contributed by atoms with Gasteiger partial charge in [0.05, 0.1) is 19.8 Å². The molecule has 1 rings (SSSR count). The van der Waals surface area contributed by atoms with Gasteiger partial charge in [-0.1, -0.05) is 25.5 Å². The first-order chi connectivity index (χ1) is 11.0. The minimum absolute atomic E-state index is 0.341. The topological polar surface area (TPSA) is 90.6 Å². The molecule has 1 aromatic carbocycles. The van der Waals surface area contributed by atoms with Crippen molar-refractivity contribution >= 4 is 11.9 Å². The van der Waals surface area contributed by atoms with E-state index in [1.54, 1.807) is 14.0 Å². The number of benzene rings is 1. The van der Waals surface area contributed by atoms with E-state index in [1.165, 1.54) is 0 Å². The highest BCUT2D eigenvalue weighted by atomic mass is 16.5. The summed E-state index contributed by atoms with van der Waals surface area (Å²) >= 11 is 0. The number of unbranched alkanes of at least 4 members (excludes halogenated alkanes) is 1. The summed E-state index contributed by atoms with van der Waals surface area (Å²) in [5, 5.41) is 2.65. The quantitative estimate of drug-likeness (QED) is 0.530. The maximum Gasteiger partial charge on any atom is 0.328 e. The van der Waals surface area contributed by atoms with E-state index >= 15 is 0 Å². The molecule has 0 bridgehead atoms. The molecule has 0 radical (unpaired) electrons. The zero-order valence-corrected chi connectivity index (χ0v) is 14.0. The molecule has 128 valence electrons. The minimum atomic E-state index is -0.751. The maximum absolute atomic E-state index is 12.2. The number of carbonyl (C=O) groups excluding carboxylic acids is 2. The van der Waals surface area contributed by atoms with E-state index in [2.05, 4.69) is 5.32 Å². The standard InChI is InChI=1S/C17H26N2O4/c1-4-5-10-23-17(21)15(19-16(20)12(2)18)11-13-6-8-14(22-3)9-7-13/h6-9,12,15H,4-5,10-11,18H2,1-3H3,(H,19,20)/t12-,15-/m0/s1. The van der Waals surface area contributed by atoms with E-state index in [1.807, 2.05) is 31.2 Å². The maximum atomic E-state index is 12.2. The van der Waals surface area contributed by atoms with E-state index in [0.29, 0.717) is 13.0 Å². The van der Waals surface area contributed by atoms with Gasteiger partial charge in [-0.3, -0.25) is 4.79 Å². The van der Waals surface area contributed by atoms with Crippen LogP contribution in [0.15, 0.2) is 24.3 Å². The van der Waals surface area contributed by atoms with Gasteiger partial charge < -0.3 is 20.5 Å². The van der Waals surface area contributed by atoms with Gasteiger partial charge in [-0.25, -0.2) is 4.79 Å². The lowest BCUT2D eigenvalue weighted by Gasteiger charge is -2.19. The molecule has 6 nitrogen and oxygen atoms in total. The summed E-state index contributed by atoms with van der Waals surface area (Å²) in [5.74, 6) is -0.0883. The summed E-state index contributed by atoms with van der Waals surface area (Å²) in [4.78, 5) is 24.0. The Kier molecular flexibility index (Phi) is 8.11. The van der Waals surface area contributed by atoms with Crippen LogP contribution in [0, 0.1) is 0 Å². The molecule has 0 saturated carbocycles. The number of nitrogens with one attached hydrogen (secondary N) is 1. The van der Waals surface area contributed by atoms with Gasteiger partial charge in [0.15, 0.2) is 0 Å². The van der Waals surface area contributed by atoms with Crippen molar-refractivity contribution in [1.82, 2.24) is 5.32 Å². The number of amides is 1. The molecule has 1 aromatic rings. The van der Waals surface area contributed by atoms with Crippen LogP contribution in [0.3, 0.4) is 0 Å². The molecule has 3 N–H and O–H groups in total. The predicted octanol–water partition coefficient (Wildman–Crippen LogP) is 1.41. The Morgan fingerprint density at radius 3 is 2.43 bits per heavy atom. The van der Waals surface area contributed by atoms with Gasteiger partial charge in [-0.05, 0) is 31.0 Å². The molecule has 2 atom stereocenters. The first-order valence-corrected chi connectivity index (χ1v) is 7.83. The van der Waals surface area contributed by atoms with Crippen LogP contribution in [0.4, 0.5) is 0 Å². The largest absolute Gasteiger partial charge is 0.497 e. The Labute approximate surface area is 137 Å². The van der Waals surface area contributed by atoms with E-state index in [9.17, 15) is 9.59 Å². The molecule has 0 fully saturated rings. The van der Waals surface area contributed by atoms with Gasteiger partial charge in [0, 0.05) is 6.42 Å². The van der Waals surface area contributed by atoms with Gasteiger partial charge in [0.1, 0.15) is 11.8 Å². The fraction of sp³-hybridized carbons (Fsp3) is 0.529. The second-order valence-corrected chi connectivity index (χ2v) is 5.42. The molecule has 0 aromatic heterocycles. The van der Waals surface area contributed by atoms with Crippen molar-refractivity contribution in [2.45, 2.75) is 45.2 Å². The van der Waals surface area contributed by atoms with Crippen LogP contribution < -0.4 is 15.8 Å². The molecule has 23 heavy (non-hydrogen) atoms. The fourth-order valence-corrected chi connectivity index (χ4v) is 1.91. The summed E-state index contributed by atoms with van der Waals surface area (Å²) in [6, 6.07) is 5.88. The third kappa shape index (κ3) is 6.69. The molecule has 0 aliphatic rings. The van der Waals surface area contributed by atoms with Crippen LogP contribution in [-0.4, -0.2) is 37.7 Å². The first-order valence-electron chi connectivity index (χ1n) is 7.83. The lowest BCUT2D eigenvalue weighted by molar-refractivity contribution is -0.148. The van der Waals surface area contributed by atoms with E-state index in [0.717, 1.165) is 24.2 Å². The lowest BCUT2D eigenvalue weighted by Crippen LogP contribution is -2.48. The average molecular weight is 322 g/mol. The van der Waals surface area contributed by atoms with Gasteiger partial charge in [0.2, 0.25) is 5.91 Å². The molecule has 6 heteroatoms. The number of hydrogen-bond acceptors (Lipinski definition) is 5. The number of esters is 1. The SMILES string of the molecule is CCCCOC(=O)[C@H](Cc1ccc(OC)cc1)NC(=O)[C@H](C)N. The van der Waals surface area contributed by atoms with Crippen molar-refractivity contribution in [2.75, 3.05) is 13.7 Å². The molecule has 0 saturated heterocycles. The number of rotatable bonds is 9. The van der Waals surface area contributed by atoms with Crippen molar-refractivity contribution in [3.8, 4) is 5.75 Å². The highest BCUT2D eigenvalue weighted by Crippen LogP contribution is 2.13. The molecule has 0 unspecified atom stereocenters. The minimum Gasteiger partial charge on any atom is -0.497 e. The van der Waals surface area contributed by atoms with Crippen LogP contribution in [-0.2, 0) is 20.7 Å². The van der Waals surface area contributed by atoms with E-state index in [-0.39, 0.29) is 5.91 Å². The van der Waals surface area contributed by atoms with Crippen LogP contribution in [0.2, 0.25) is 0 Å². The summed E-state index contributed by atoms with van der Waals surface area (Å²) in [6.07, 6.45) is 2.07. The van der Waals surface area contributed by atoms with Crippen LogP contribution in [0.1, 0.15) is 32.3 Å². The second-order valence-electron chi connectivity index (χ2n) is 5.42. The third-order valence-corrected chi connectivity index (χ3v) is 3.36. The fourth-order valence-electron chi connectivity index (χ4n) is 1.91. The third-order valence-electron chi connectivity index (χ3n) is 3.36. The van der Waals surface area contributed by atoms with Crippen LogP contribution in [0.25, 0.3) is 0 Å². The normalized spacial score (nSPS) is 13.0. The highest BCUT2D eigenvalue weighted by molar-refractivity contribution is 5.87. The van der Waals surface area contributed by atoms with Gasteiger partial charge in [-0.2, -0.15) is 0 Å². The molecule has 1 amide bonds. The Hall–Kier alpha value is -2.08. The Morgan fingerprint density at radius 1 is 1.26 bits per heavy atom. The number of methoxy groups -OCH3 is 1.